The van der Waals surface area contributed by atoms with Crippen LogP contribution in [0, 0.1) is 11.3 Å². The Morgan fingerprint density at radius 2 is 2.00 bits per heavy atom. The van der Waals surface area contributed by atoms with E-state index in [2.05, 4.69) is 11.1 Å². The number of hydrogen-bond donors (Lipinski definition) is 0. The third kappa shape index (κ3) is 3.00. The molecule has 1 heterocycles. The second-order valence-electron chi connectivity index (χ2n) is 5.04. The zero-order valence-electron chi connectivity index (χ0n) is 12.5. The van der Waals surface area contributed by atoms with E-state index in [1.54, 1.807) is 19.2 Å². The zero-order valence-corrected chi connectivity index (χ0v) is 13.3. The lowest BCUT2D eigenvalue weighted by molar-refractivity contribution is 0.0974. The number of hydrogen-bond acceptors (Lipinski definition) is 5. The minimum absolute atomic E-state index is 0.237. The van der Waals surface area contributed by atoms with E-state index in [0.29, 0.717) is 17.2 Å². The number of aromatic nitrogens is 1. The first kappa shape index (κ1) is 15.3. The molecule has 1 aromatic heterocycles. The Bertz CT molecular complexity index is 862. The first-order valence-electron chi connectivity index (χ1n) is 7.10. The van der Waals surface area contributed by atoms with Gasteiger partial charge >= 0.3 is 0 Å². The van der Waals surface area contributed by atoms with Crippen LogP contribution < -0.4 is 0 Å². The van der Waals surface area contributed by atoms with E-state index in [1.807, 2.05) is 36.4 Å². The number of Topliss-reactive ketones (excluding diaryl/α,β-unsaturated/α-hetero) is 1. The first-order valence-corrected chi connectivity index (χ1v) is 7.92. The van der Waals surface area contributed by atoms with E-state index >= 15 is 0 Å². The number of ketones is 1. The smallest absolute Gasteiger partial charge is 0.187 e. The molecule has 0 saturated heterocycles. The zero-order chi connectivity index (χ0) is 16.2. The van der Waals surface area contributed by atoms with Crippen molar-refractivity contribution in [2.24, 2.45) is 0 Å². The monoisotopic (exact) mass is 322 g/mol. The molecule has 5 heteroatoms. The van der Waals surface area contributed by atoms with Crippen molar-refractivity contribution < 1.29 is 9.53 Å². The number of carbonyl (C=O) groups excluding carboxylic acids is 1. The molecule has 2 aromatic carbocycles. The fourth-order valence-electron chi connectivity index (χ4n) is 2.44. The van der Waals surface area contributed by atoms with Crippen LogP contribution in [0.4, 0.5) is 0 Å². The van der Waals surface area contributed by atoms with Crippen LogP contribution in [-0.4, -0.2) is 17.9 Å². The molecule has 0 aliphatic carbocycles. The van der Waals surface area contributed by atoms with Crippen LogP contribution in [-0.2, 0) is 11.3 Å². The first-order chi connectivity index (χ1) is 11.2. The predicted molar refractivity (Wildman–Crippen MR) is 89.5 cm³/mol. The number of benzene rings is 2. The van der Waals surface area contributed by atoms with Crippen LogP contribution in [0.2, 0.25) is 0 Å². The maximum atomic E-state index is 12.8. The molecule has 0 unspecified atom stereocenters. The molecule has 0 radical (unpaired) electrons. The Balaban J connectivity index is 2.01. The van der Waals surface area contributed by atoms with E-state index in [0.717, 1.165) is 15.8 Å². The van der Waals surface area contributed by atoms with Gasteiger partial charge in [0, 0.05) is 12.7 Å². The maximum absolute atomic E-state index is 12.8. The largest absolute Gasteiger partial charge is 0.380 e. The molecule has 0 aliphatic rings. The molecule has 0 fully saturated rings. The van der Waals surface area contributed by atoms with E-state index in [9.17, 15) is 10.1 Å². The summed E-state index contributed by atoms with van der Waals surface area (Å²) in [6.07, 6.45) is 0. The number of thiazole rings is 1. The molecule has 0 spiro atoms. The van der Waals surface area contributed by atoms with Gasteiger partial charge in [0.25, 0.3) is 0 Å². The number of ether oxygens (including phenoxy) is 1. The molecule has 0 amide bonds. The average molecular weight is 322 g/mol. The van der Waals surface area contributed by atoms with Crippen molar-refractivity contribution in [3.63, 3.8) is 0 Å². The van der Waals surface area contributed by atoms with Gasteiger partial charge in [-0.25, -0.2) is 4.98 Å². The van der Waals surface area contributed by atoms with Crippen LogP contribution in [0.1, 0.15) is 26.8 Å². The molecule has 0 saturated carbocycles. The normalized spacial score (nSPS) is 12.0. The van der Waals surface area contributed by atoms with Crippen molar-refractivity contribution in [3.8, 4) is 6.07 Å². The van der Waals surface area contributed by atoms with E-state index < -0.39 is 5.92 Å². The Labute approximate surface area is 138 Å². The Kier molecular flexibility index (Phi) is 4.47. The predicted octanol–water partition coefficient (Wildman–Crippen LogP) is 3.93. The highest BCUT2D eigenvalue weighted by atomic mass is 32.1. The summed E-state index contributed by atoms with van der Waals surface area (Å²) < 4.78 is 6.11. The van der Waals surface area contributed by atoms with Gasteiger partial charge in [0.05, 0.1) is 22.9 Å². The number of nitrogens with zero attached hydrogens (tertiary/aromatic N) is 2. The summed E-state index contributed by atoms with van der Waals surface area (Å²) in [5.41, 5.74) is 2.10. The summed E-state index contributed by atoms with van der Waals surface area (Å²) >= 11 is 1.39. The maximum Gasteiger partial charge on any atom is 0.187 e. The highest BCUT2D eigenvalue weighted by molar-refractivity contribution is 7.18. The van der Waals surface area contributed by atoms with Gasteiger partial charge in [-0.15, -0.1) is 11.3 Å². The van der Waals surface area contributed by atoms with Gasteiger partial charge in [-0.1, -0.05) is 36.4 Å². The highest BCUT2D eigenvalue weighted by Crippen LogP contribution is 2.30. The summed E-state index contributed by atoms with van der Waals surface area (Å²) in [6.45, 7) is 0.333. The lowest BCUT2D eigenvalue weighted by Crippen LogP contribution is -2.13. The molecule has 3 aromatic rings. The lowest BCUT2D eigenvalue weighted by Gasteiger charge is -2.10. The molecule has 0 bridgehead atoms. The minimum atomic E-state index is -0.898. The van der Waals surface area contributed by atoms with Crippen LogP contribution >= 0.6 is 11.3 Å². The number of methoxy groups -OCH3 is 1. The fraction of sp³-hybridized carbons (Fsp3) is 0.167. The van der Waals surface area contributed by atoms with Gasteiger partial charge in [-0.2, -0.15) is 5.26 Å². The summed E-state index contributed by atoms with van der Waals surface area (Å²) in [5, 5.41) is 10.1. The van der Waals surface area contributed by atoms with Gasteiger partial charge in [0.1, 0.15) is 5.01 Å². The third-order valence-electron chi connectivity index (χ3n) is 3.53. The van der Waals surface area contributed by atoms with Crippen LogP contribution in [0.25, 0.3) is 10.2 Å². The molecular formula is C18H14N2O2S. The van der Waals surface area contributed by atoms with Crippen molar-refractivity contribution in [2.45, 2.75) is 12.5 Å². The number of nitriles is 1. The van der Waals surface area contributed by atoms with E-state index in [4.69, 9.17) is 4.74 Å². The summed E-state index contributed by atoms with van der Waals surface area (Å²) in [6, 6.07) is 16.9. The number of carbonyl (C=O) groups is 1. The molecular weight excluding hydrogens is 308 g/mol. The molecule has 0 aliphatic heterocycles. The summed E-state index contributed by atoms with van der Waals surface area (Å²) in [5.74, 6) is -1.13. The lowest BCUT2D eigenvalue weighted by atomic mass is 9.95. The molecule has 0 N–H and O–H groups in total. The average Bonchev–Trinajstić information content (AvgIpc) is 3.00. The molecule has 23 heavy (non-hydrogen) atoms. The van der Waals surface area contributed by atoms with Gasteiger partial charge in [-0.05, 0) is 17.7 Å². The summed E-state index contributed by atoms with van der Waals surface area (Å²) in [4.78, 5) is 17.3. The van der Waals surface area contributed by atoms with Crippen LogP contribution in [0.5, 0.6) is 0 Å². The van der Waals surface area contributed by atoms with Gasteiger partial charge in [-0.3, -0.25) is 4.79 Å². The van der Waals surface area contributed by atoms with Crippen molar-refractivity contribution in [2.75, 3.05) is 7.11 Å². The van der Waals surface area contributed by atoms with Crippen molar-refractivity contribution in [1.82, 2.24) is 4.98 Å². The van der Waals surface area contributed by atoms with Crippen LogP contribution in [0.15, 0.2) is 48.5 Å². The van der Waals surface area contributed by atoms with E-state index in [-0.39, 0.29) is 5.78 Å². The molecule has 3 rings (SSSR count). The van der Waals surface area contributed by atoms with Crippen molar-refractivity contribution in [3.05, 3.63) is 64.7 Å². The second-order valence-corrected chi connectivity index (χ2v) is 6.10. The van der Waals surface area contributed by atoms with Gasteiger partial charge < -0.3 is 4.74 Å². The number of para-hydroxylation sites is 1. The van der Waals surface area contributed by atoms with E-state index in [1.165, 1.54) is 11.3 Å². The van der Waals surface area contributed by atoms with Crippen molar-refractivity contribution >= 4 is 27.3 Å². The standard InChI is InChI=1S/C18H14N2O2S/c1-22-11-12-6-2-3-7-13(12)17(21)14(10-19)18-20-15-8-4-5-9-16(15)23-18/h2-9,14H,11H2,1H3/t14-/m1/s1. The quantitative estimate of drug-likeness (QED) is 0.668. The molecule has 1 atom stereocenters. The second kappa shape index (κ2) is 6.69. The van der Waals surface area contributed by atoms with Gasteiger partial charge in [0.2, 0.25) is 0 Å². The highest BCUT2D eigenvalue weighted by Gasteiger charge is 2.26. The van der Waals surface area contributed by atoms with Crippen LogP contribution in [0.3, 0.4) is 0 Å². The number of fused-ring (bicyclic) bond motifs is 1. The third-order valence-corrected chi connectivity index (χ3v) is 4.63. The number of rotatable bonds is 5. The Hall–Kier alpha value is -2.55. The molecule has 4 nitrogen and oxygen atoms in total. The fourth-order valence-corrected chi connectivity index (χ4v) is 3.45. The topological polar surface area (TPSA) is 63.0 Å². The van der Waals surface area contributed by atoms with Gasteiger partial charge in [0.15, 0.2) is 11.7 Å². The minimum Gasteiger partial charge on any atom is -0.380 e. The Morgan fingerprint density at radius 1 is 1.26 bits per heavy atom. The SMILES string of the molecule is COCc1ccccc1C(=O)[C@@H](C#N)c1nc2ccccc2s1. The molecule has 114 valence electrons. The van der Waals surface area contributed by atoms with Crippen molar-refractivity contribution in [1.29, 1.82) is 5.26 Å². The summed E-state index contributed by atoms with van der Waals surface area (Å²) in [7, 11) is 1.58. The Morgan fingerprint density at radius 3 is 2.74 bits per heavy atom.